The third kappa shape index (κ3) is 47.8. The van der Waals surface area contributed by atoms with Crippen molar-refractivity contribution in [3.8, 4) is 0 Å². The lowest BCUT2D eigenvalue weighted by molar-refractivity contribution is -0.151. The zero-order chi connectivity index (χ0) is 47.4. The number of aliphatic hydroxyl groups is 2. The molecule has 6 nitrogen and oxygen atoms in total. The summed E-state index contributed by atoms with van der Waals surface area (Å²) in [6, 6.07) is -0.717. The van der Waals surface area contributed by atoms with Crippen molar-refractivity contribution in [3.05, 3.63) is 60.8 Å². The van der Waals surface area contributed by atoms with Crippen LogP contribution in [0.15, 0.2) is 60.8 Å². The number of unbranched alkanes of at least 4 members (excludes halogenated alkanes) is 28. The van der Waals surface area contributed by atoms with Gasteiger partial charge in [0.2, 0.25) is 5.91 Å². The van der Waals surface area contributed by atoms with Gasteiger partial charge in [0.05, 0.1) is 25.2 Å². The van der Waals surface area contributed by atoms with E-state index in [0.717, 1.165) is 83.5 Å². The molecule has 0 aromatic rings. The number of hydrogen-bond acceptors (Lipinski definition) is 5. The minimum Gasteiger partial charge on any atom is -0.462 e. The Kier molecular flexibility index (Phi) is 50.6. The first-order valence-corrected chi connectivity index (χ1v) is 28.0. The molecule has 0 saturated heterocycles. The Labute approximate surface area is 403 Å². The zero-order valence-corrected chi connectivity index (χ0v) is 43.1. The lowest BCUT2D eigenvalue weighted by atomic mass is 10.0. The molecule has 0 heterocycles. The molecule has 0 saturated carbocycles. The number of nitrogens with one attached hydrogen (secondary N) is 1. The Morgan fingerprint density at radius 1 is 0.446 bits per heavy atom. The van der Waals surface area contributed by atoms with E-state index >= 15 is 0 Å². The average molecular weight is 911 g/mol. The summed E-state index contributed by atoms with van der Waals surface area (Å²) in [4.78, 5) is 26.2. The summed E-state index contributed by atoms with van der Waals surface area (Å²) in [5.41, 5.74) is 0. The topological polar surface area (TPSA) is 95.9 Å². The molecule has 378 valence electrons. The first-order valence-electron chi connectivity index (χ1n) is 28.0. The number of rotatable bonds is 50. The number of carbonyl (C=O) groups excluding carboxylic acids is 2. The molecule has 3 N–H and O–H groups in total. The van der Waals surface area contributed by atoms with E-state index in [-0.39, 0.29) is 24.9 Å². The van der Waals surface area contributed by atoms with E-state index in [2.05, 4.69) is 86.8 Å². The van der Waals surface area contributed by atoms with Crippen LogP contribution in [0.3, 0.4) is 0 Å². The maximum atomic E-state index is 13.2. The normalized spacial score (nSPS) is 13.6. The maximum absolute atomic E-state index is 13.2. The van der Waals surface area contributed by atoms with Crippen LogP contribution in [0.2, 0.25) is 0 Å². The Hall–Kier alpha value is -2.44. The molecule has 0 radical (unpaired) electrons. The number of amides is 1. The Balaban J connectivity index is 4.63. The van der Waals surface area contributed by atoms with Gasteiger partial charge in [-0.3, -0.25) is 9.59 Å². The largest absolute Gasteiger partial charge is 0.462 e. The molecule has 65 heavy (non-hydrogen) atoms. The fourth-order valence-corrected chi connectivity index (χ4v) is 8.29. The highest BCUT2D eigenvalue weighted by atomic mass is 16.5. The number of hydrogen-bond donors (Lipinski definition) is 3. The summed E-state index contributed by atoms with van der Waals surface area (Å²) in [6.45, 7) is 6.43. The minimum absolute atomic E-state index is 0.0481. The predicted molar refractivity (Wildman–Crippen MR) is 282 cm³/mol. The van der Waals surface area contributed by atoms with Gasteiger partial charge in [-0.15, -0.1) is 0 Å². The van der Waals surface area contributed by atoms with E-state index in [4.69, 9.17) is 4.74 Å². The Morgan fingerprint density at radius 3 is 1.23 bits per heavy atom. The molecule has 0 spiro atoms. The van der Waals surface area contributed by atoms with Gasteiger partial charge < -0.3 is 20.3 Å². The van der Waals surface area contributed by atoms with Crippen LogP contribution < -0.4 is 5.32 Å². The summed E-state index contributed by atoms with van der Waals surface area (Å²) in [7, 11) is 0. The fraction of sp³-hybridized carbons (Fsp3) is 0.797. The molecule has 0 aliphatic heterocycles. The molecule has 6 heteroatoms. The van der Waals surface area contributed by atoms with Crippen LogP contribution in [-0.2, 0) is 14.3 Å². The standard InChI is InChI=1S/C59H107NO5/c1-4-7-10-13-16-19-22-25-28-29-31-34-37-40-43-46-49-52-59(64)65-55(50-47-44-41-38-35-32-30-26-23-20-17-14-11-8-5-2)53-58(63)60-56(54-61)57(62)51-48-45-42-39-36-33-27-24-21-18-15-12-9-6-3/h16-17,19-20,25-26,28,30,35,38,55-57,61-62H,4-15,18,21-24,27,29,31-34,36-37,39-54H2,1-3H3,(H,60,63)/b19-16-,20-17-,28-25-,30-26-,38-35-. The molecule has 0 aromatic heterocycles. The van der Waals surface area contributed by atoms with Gasteiger partial charge in [-0.2, -0.15) is 0 Å². The second-order valence-corrected chi connectivity index (χ2v) is 19.0. The van der Waals surface area contributed by atoms with Crippen LogP contribution in [0.1, 0.15) is 278 Å². The van der Waals surface area contributed by atoms with Crippen molar-refractivity contribution < 1.29 is 24.5 Å². The minimum atomic E-state index is -0.801. The van der Waals surface area contributed by atoms with Crippen molar-refractivity contribution in [2.45, 2.75) is 296 Å². The third-order valence-electron chi connectivity index (χ3n) is 12.6. The van der Waals surface area contributed by atoms with Gasteiger partial charge in [-0.1, -0.05) is 229 Å². The van der Waals surface area contributed by atoms with Gasteiger partial charge in [0.25, 0.3) is 0 Å². The van der Waals surface area contributed by atoms with Crippen molar-refractivity contribution in [1.29, 1.82) is 0 Å². The number of esters is 1. The van der Waals surface area contributed by atoms with E-state index in [1.165, 1.54) is 148 Å². The van der Waals surface area contributed by atoms with Crippen LogP contribution >= 0.6 is 0 Å². The monoisotopic (exact) mass is 910 g/mol. The van der Waals surface area contributed by atoms with Gasteiger partial charge in [0.15, 0.2) is 0 Å². The molecule has 3 atom stereocenters. The number of allylic oxidation sites excluding steroid dienone is 10. The first-order chi connectivity index (χ1) is 32.0. The van der Waals surface area contributed by atoms with E-state index in [1.54, 1.807) is 0 Å². The summed E-state index contributed by atoms with van der Waals surface area (Å²) < 4.78 is 5.93. The summed E-state index contributed by atoms with van der Waals surface area (Å²) >= 11 is 0. The molecule has 1 amide bonds. The molecule has 0 rings (SSSR count). The highest BCUT2D eigenvalue weighted by molar-refractivity contribution is 5.77. The molecule has 0 aromatic carbocycles. The predicted octanol–water partition coefficient (Wildman–Crippen LogP) is 17.2. The van der Waals surface area contributed by atoms with E-state index < -0.39 is 18.2 Å². The summed E-state index contributed by atoms with van der Waals surface area (Å²) in [5.74, 6) is -0.515. The molecule has 0 fully saturated rings. The first kappa shape index (κ1) is 62.6. The third-order valence-corrected chi connectivity index (χ3v) is 12.6. The lowest BCUT2D eigenvalue weighted by Crippen LogP contribution is -2.46. The average Bonchev–Trinajstić information content (AvgIpc) is 3.30. The molecule has 0 aliphatic rings. The van der Waals surface area contributed by atoms with Crippen LogP contribution in [-0.4, -0.2) is 46.9 Å². The van der Waals surface area contributed by atoms with Crippen LogP contribution in [0.25, 0.3) is 0 Å². The Bertz CT molecular complexity index is 1160. The van der Waals surface area contributed by atoms with Crippen molar-refractivity contribution >= 4 is 11.9 Å². The number of carbonyl (C=O) groups is 2. The van der Waals surface area contributed by atoms with Gasteiger partial charge in [-0.25, -0.2) is 0 Å². The van der Waals surface area contributed by atoms with E-state index in [1.807, 2.05) is 0 Å². The van der Waals surface area contributed by atoms with E-state index in [9.17, 15) is 19.8 Å². The van der Waals surface area contributed by atoms with Crippen LogP contribution in [0, 0.1) is 0 Å². The number of ether oxygens (including phenoxy) is 1. The highest BCUT2D eigenvalue weighted by Gasteiger charge is 2.24. The highest BCUT2D eigenvalue weighted by Crippen LogP contribution is 2.17. The van der Waals surface area contributed by atoms with Crippen LogP contribution in [0.5, 0.6) is 0 Å². The smallest absolute Gasteiger partial charge is 0.306 e. The van der Waals surface area contributed by atoms with Crippen molar-refractivity contribution in [2.75, 3.05) is 6.61 Å². The lowest BCUT2D eigenvalue weighted by Gasteiger charge is -2.24. The second kappa shape index (κ2) is 52.5. The van der Waals surface area contributed by atoms with Gasteiger partial charge in [-0.05, 0) is 96.3 Å². The maximum Gasteiger partial charge on any atom is 0.306 e. The molecular formula is C59H107NO5. The summed E-state index contributed by atoms with van der Waals surface area (Å²) in [5, 5.41) is 23.8. The molecular weight excluding hydrogens is 803 g/mol. The molecule has 0 aliphatic carbocycles. The van der Waals surface area contributed by atoms with E-state index in [0.29, 0.717) is 19.3 Å². The Morgan fingerprint density at radius 2 is 0.785 bits per heavy atom. The SMILES string of the molecule is CCCCC/C=C\C/C=C\C/C=C\CCCCC(CC(=O)NC(CO)C(O)CCCCCCCCCCCCCCCC)OC(=O)CCCCCCCCC/C=C\C/C=C\CCCCC. The number of aliphatic hydroxyl groups excluding tert-OH is 2. The van der Waals surface area contributed by atoms with Gasteiger partial charge in [0, 0.05) is 6.42 Å². The molecule has 3 unspecified atom stereocenters. The summed E-state index contributed by atoms with van der Waals surface area (Å²) in [6.07, 6.45) is 65.6. The zero-order valence-electron chi connectivity index (χ0n) is 43.1. The van der Waals surface area contributed by atoms with Crippen molar-refractivity contribution in [2.24, 2.45) is 0 Å². The van der Waals surface area contributed by atoms with Crippen molar-refractivity contribution in [3.63, 3.8) is 0 Å². The second-order valence-electron chi connectivity index (χ2n) is 19.0. The fourth-order valence-electron chi connectivity index (χ4n) is 8.29. The molecule has 0 bridgehead atoms. The quantitative estimate of drug-likeness (QED) is 0.0321. The van der Waals surface area contributed by atoms with Crippen molar-refractivity contribution in [1.82, 2.24) is 5.32 Å². The van der Waals surface area contributed by atoms with Gasteiger partial charge in [0.1, 0.15) is 6.10 Å². The van der Waals surface area contributed by atoms with Crippen LogP contribution in [0.4, 0.5) is 0 Å². The van der Waals surface area contributed by atoms with Gasteiger partial charge >= 0.3 is 5.97 Å².